The molecule has 0 atom stereocenters. The Morgan fingerprint density at radius 1 is 1.14 bits per heavy atom. The number of sulfonamides is 1. The molecule has 2 N–H and O–H groups in total. The summed E-state index contributed by atoms with van der Waals surface area (Å²) in [6, 6.07) is 5.66. The van der Waals surface area contributed by atoms with Crippen LogP contribution in [-0.4, -0.2) is 18.5 Å². The van der Waals surface area contributed by atoms with E-state index in [4.69, 9.17) is 34.8 Å². The van der Waals surface area contributed by atoms with Gasteiger partial charge in [0.05, 0.1) is 22.0 Å². The molecule has 0 saturated carbocycles. The van der Waals surface area contributed by atoms with Crippen LogP contribution in [0.5, 0.6) is 5.75 Å². The van der Waals surface area contributed by atoms with E-state index < -0.39 is 10.0 Å². The minimum absolute atomic E-state index is 0.0555. The third kappa shape index (κ3) is 4.38. The van der Waals surface area contributed by atoms with E-state index in [0.29, 0.717) is 10.6 Å². The molecule has 0 aliphatic carbocycles. The van der Waals surface area contributed by atoms with E-state index in [1.807, 2.05) is 0 Å². The summed E-state index contributed by atoms with van der Waals surface area (Å²) < 4.78 is 26.3. The van der Waals surface area contributed by atoms with Gasteiger partial charge in [-0.3, -0.25) is 4.72 Å². The number of anilines is 1. The highest BCUT2D eigenvalue weighted by Crippen LogP contribution is 2.27. The highest BCUT2D eigenvalue weighted by atomic mass is 35.5. The van der Waals surface area contributed by atoms with Gasteiger partial charge in [-0.1, -0.05) is 40.9 Å². The van der Waals surface area contributed by atoms with Gasteiger partial charge in [0.25, 0.3) is 0 Å². The number of pyridine rings is 1. The minimum atomic E-state index is -3.75. The van der Waals surface area contributed by atoms with Crippen molar-refractivity contribution in [2.24, 2.45) is 0 Å². The Bertz CT molecular complexity index is 781. The zero-order valence-corrected chi connectivity index (χ0v) is 13.4. The molecule has 0 unspecified atom stereocenters. The molecule has 0 fully saturated rings. The number of hydrogen-bond donors (Lipinski definition) is 2. The predicted octanol–water partition coefficient (Wildman–Crippen LogP) is 3.69. The van der Waals surface area contributed by atoms with E-state index in [1.165, 1.54) is 12.1 Å². The van der Waals surface area contributed by atoms with Crippen molar-refractivity contribution in [3.8, 4) is 5.75 Å². The van der Waals surface area contributed by atoms with E-state index in [-0.39, 0.29) is 27.4 Å². The molecule has 2 rings (SSSR count). The maximum absolute atomic E-state index is 12.0. The van der Waals surface area contributed by atoms with Crippen molar-refractivity contribution in [3.05, 3.63) is 51.2 Å². The van der Waals surface area contributed by atoms with Crippen LogP contribution in [0.1, 0.15) is 5.56 Å². The van der Waals surface area contributed by atoms with Gasteiger partial charge in [-0.2, -0.15) is 0 Å². The molecule has 1 aromatic carbocycles. The van der Waals surface area contributed by atoms with Gasteiger partial charge in [0.1, 0.15) is 16.6 Å². The molecule has 112 valence electrons. The first-order valence-electron chi connectivity index (χ1n) is 5.56. The molecule has 0 amide bonds. The third-order valence-electron chi connectivity index (χ3n) is 2.45. The lowest BCUT2D eigenvalue weighted by Crippen LogP contribution is -2.15. The second-order valence-electron chi connectivity index (χ2n) is 4.13. The summed E-state index contributed by atoms with van der Waals surface area (Å²) in [5, 5.41) is 10.3. The number of rotatable bonds is 4. The average molecular weight is 368 g/mol. The summed E-state index contributed by atoms with van der Waals surface area (Å²) in [6.45, 7) is 0. The zero-order valence-electron chi connectivity index (χ0n) is 10.3. The van der Waals surface area contributed by atoms with E-state index in [1.54, 1.807) is 6.07 Å². The minimum Gasteiger partial charge on any atom is -0.506 e. The fourth-order valence-corrected chi connectivity index (χ4v) is 3.21. The predicted molar refractivity (Wildman–Crippen MR) is 83.6 cm³/mol. The SMILES string of the molecule is O=S(=O)(Cc1ccc(Cl)c(Cl)c1)Nc1cnc(Cl)cc1O. The summed E-state index contributed by atoms with van der Waals surface area (Å²) in [7, 11) is -3.75. The maximum atomic E-state index is 12.0. The van der Waals surface area contributed by atoms with Gasteiger partial charge in [-0.05, 0) is 17.7 Å². The molecule has 1 heterocycles. The highest BCUT2D eigenvalue weighted by molar-refractivity contribution is 7.91. The molecule has 0 saturated heterocycles. The van der Waals surface area contributed by atoms with Crippen LogP contribution >= 0.6 is 34.8 Å². The quantitative estimate of drug-likeness (QED) is 0.808. The number of hydrogen-bond acceptors (Lipinski definition) is 4. The van der Waals surface area contributed by atoms with Crippen LogP contribution in [0.15, 0.2) is 30.5 Å². The Morgan fingerprint density at radius 2 is 1.86 bits per heavy atom. The summed E-state index contributed by atoms with van der Waals surface area (Å²) >= 11 is 17.2. The lowest BCUT2D eigenvalue weighted by molar-refractivity contribution is 0.477. The number of nitrogens with zero attached hydrogens (tertiary/aromatic N) is 1. The molecule has 5 nitrogen and oxygen atoms in total. The lowest BCUT2D eigenvalue weighted by atomic mass is 10.2. The lowest BCUT2D eigenvalue weighted by Gasteiger charge is -2.10. The van der Waals surface area contributed by atoms with E-state index in [2.05, 4.69) is 9.71 Å². The molecule has 0 bridgehead atoms. The molecule has 0 aliphatic heterocycles. The van der Waals surface area contributed by atoms with Crippen LogP contribution in [0.25, 0.3) is 0 Å². The third-order valence-corrected chi connectivity index (χ3v) is 4.64. The largest absolute Gasteiger partial charge is 0.506 e. The molecule has 0 spiro atoms. The molecular formula is C12H9Cl3N2O3S. The number of nitrogens with one attached hydrogen (secondary N) is 1. The molecule has 2 aromatic rings. The van der Waals surface area contributed by atoms with Gasteiger partial charge in [0.15, 0.2) is 0 Å². The Kier molecular flexibility index (Phi) is 4.83. The first-order chi connectivity index (χ1) is 9.77. The van der Waals surface area contributed by atoms with Gasteiger partial charge in [0, 0.05) is 6.07 Å². The summed E-state index contributed by atoms with van der Waals surface area (Å²) in [6.07, 6.45) is 1.13. The average Bonchev–Trinajstić information content (AvgIpc) is 2.37. The van der Waals surface area contributed by atoms with Crippen LogP contribution < -0.4 is 4.72 Å². The molecule has 9 heteroatoms. The van der Waals surface area contributed by atoms with E-state index in [9.17, 15) is 13.5 Å². The molecule has 21 heavy (non-hydrogen) atoms. The number of benzene rings is 1. The fraction of sp³-hybridized carbons (Fsp3) is 0.0833. The second-order valence-corrected chi connectivity index (χ2v) is 7.06. The van der Waals surface area contributed by atoms with Crippen molar-refractivity contribution in [1.82, 2.24) is 4.98 Å². The van der Waals surface area contributed by atoms with Crippen LogP contribution in [-0.2, 0) is 15.8 Å². The highest BCUT2D eigenvalue weighted by Gasteiger charge is 2.15. The Labute approximate surface area is 136 Å². The van der Waals surface area contributed by atoms with Gasteiger partial charge in [0.2, 0.25) is 10.0 Å². The molecule has 0 aliphatic rings. The first kappa shape index (κ1) is 16.2. The van der Waals surface area contributed by atoms with Crippen molar-refractivity contribution < 1.29 is 13.5 Å². The smallest absolute Gasteiger partial charge is 0.237 e. The van der Waals surface area contributed by atoms with Crippen molar-refractivity contribution in [2.75, 3.05) is 4.72 Å². The van der Waals surface area contributed by atoms with Gasteiger partial charge >= 0.3 is 0 Å². The van der Waals surface area contributed by atoms with E-state index in [0.717, 1.165) is 12.3 Å². The number of aromatic nitrogens is 1. The second kappa shape index (κ2) is 6.27. The Balaban J connectivity index is 2.20. The Hall–Kier alpha value is -1.21. The molecular weight excluding hydrogens is 359 g/mol. The molecule has 0 radical (unpaired) electrons. The van der Waals surface area contributed by atoms with Gasteiger partial charge < -0.3 is 5.11 Å². The van der Waals surface area contributed by atoms with Crippen molar-refractivity contribution in [1.29, 1.82) is 0 Å². The summed E-state index contributed by atoms with van der Waals surface area (Å²) in [5.74, 6) is -0.640. The van der Waals surface area contributed by atoms with Crippen molar-refractivity contribution in [2.45, 2.75) is 5.75 Å². The first-order valence-corrected chi connectivity index (χ1v) is 8.34. The van der Waals surface area contributed by atoms with Crippen LogP contribution in [0.3, 0.4) is 0 Å². The zero-order chi connectivity index (χ0) is 15.6. The van der Waals surface area contributed by atoms with E-state index >= 15 is 0 Å². The normalized spacial score (nSPS) is 11.4. The Morgan fingerprint density at radius 3 is 2.48 bits per heavy atom. The van der Waals surface area contributed by atoms with Crippen LogP contribution in [0, 0.1) is 0 Å². The topological polar surface area (TPSA) is 79.3 Å². The maximum Gasteiger partial charge on any atom is 0.237 e. The number of halogens is 3. The summed E-state index contributed by atoms with van der Waals surface area (Å²) in [5.41, 5.74) is 0.401. The number of aromatic hydroxyl groups is 1. The summed E-state index contributed by atoms with van der Waals surface area (Å²) in [4.78, 5) is 3.70. The monoisotopic (exact) mass is 366 g/mol. The van der Waals surface area contributed by atoms with Crippen molar-refractivity contribution >= 4 is 50.5 Å². The fourth-order valence-electron chi connectivity index (χ4n) is 1.55. The standard InChI is InChI=1S/C12H9Cl3N2O3S/c13-8-2-1-7(3-9(8)14)6-21(19,20)17-10-5-16-12(15)4-11(10)18/h1-5,17H,6H2,(H,16,18). The molecule has 1 aromatic heterocycles. The van der Waals surface area contributed by atoms with Gasteiger partial charge in [-0.15, -0.1) is 0 Å². The van der Waals surface area contributed by atoms with Crippen LogP contribution in [0.4, 0.5) is 5.69 Å². The van der Waals surface area contributed by atoms with Crippen LogP contribution in [0.2, 0.25) is 15.2 Å². The van der Waals surface area contributed by atoms with Crippen molar-refractivity contribution in [3.63, 3.8) is 0 Å². The van der Waals surface area contributed by atoms with Gasteiger partial charge in [-0.25, -0.2) is 13.4 Å².